The Kier molecular flexibility index (Phi) is 6.44. The van der Waals surface area contributed by atoms with Gasteiger partial charge in [0.15, 0.2) is 4.34 Å². The van der Waals surface area contributed by atoms with Crippen molar-refractivity contribution in [3.63, 3.8) is 0 Å². The van der Waals surface area contributed by atoms with Crippen molar-refractivity contribution in [2.24, 2.45) is 0 Å². The molecule has 1 N–H and O–H groups in total. The summed E-state index contributed by atoms with van der Waals surface area (Å²) < 4.78 is 0.824. The van der Waals surface area contributed by atoms with E-state index in [0.29, 0.717) is 10.2 Å². The van der Waals surface area contributed by atoms with Gasteiger partial charge >= 0.3 is 0 Å². The van der Waals surface area contributed by atoms with E-state index in [2.05, 4.69) is 34.6 Å². The van der Waals surface area contributed by atoms with Gasteiger partial charge in [0.2, 0.25) is 11.0 Å². The number of anilines is 1. The van der Waals surface area contributed by atoms with Crippen LogP contribution in [0.15, 0.2) is 58.9 Å². The molecule has 0 spiro atoms. The number of hydrogen-bond acceptors (Lipinski definition) is 5. The minimum Gasteiger partial charge on any atom is -0.297 e. The van der Waals surface area contributed by atoms with Crippen LogP contribution in [0.3, 0.4) is 0 Å². The molecular formula is C19H16ClN3OS2. The average Bonchev–Trinajstić information content (AvgIpc) is 3.08. The molecule has 4 nitrogen and oxygen atoms in total. The summed E-state index contributed by atoms with van der Waals surface area (Å²) in [5.74, 6) is 0.581. The van der Waals surface area contributed by atoms with Crippen molar-refractivity contribution in [2.45, 2.75) is 17.0 Å². The number of benzene rings is 2. The summed E-state index contributed by atoms with van der Waals surface area (Å²) in [6, 6.07) is 15.5. The summed E-state index contributed by atoms with van der Waals surface area (Å²) in [6.45, 7) is 2.09. The van der Waals surface area contributed by atoms with Crippen molar-refractivity contribution in [2.75, 3.05) is 5.32 Å². The third-order valence-electron chi connectivity index (χ3n) is 3.55. The fraction of sp³-hybridized carbons (Fsp3) is 0.105. The molecule has 2 aromatic carbocycles. The lowest BCUT2D eigenvalue weighted by Crippen LogP contribution is -2.07. The third kappa shape index (κ3) is 5.42. The van der Waals surface area contributed by atoms with Crippen molar-refractivity contribution >= 4 is 51.8 Å². The highest BCUT2D eigenvalue weighted by Gasteiger charge is 2.08. The van der Waals surface area contributed by atoms with Crippen LogP contribution in [0.1, 0.15) is 16.7 Å². The zero-order chi connectivity index (χ0) is 18.4. The Morgan fingerprint density at radius 2 is 1.96 bits per heavy atom. The quantitative estimate of drug-likeness (QED) is 0.339. The van der Waals surface area contributed by atoms with Crippen molar-refractivity contribution < 1.29 is 4.79 Å². The third-order valence-corrected chi connectivity index (χ3v) is 5.82. The highest BCUT2D eigenvalue weighted by molar-refractivity contribution is 8.00. The molecule has 1 amide bonds. The maximum Gasteiger partial charge on any atom is 0.250 e. The van der Waals surface area contributed by atoms with Crippen LogP contribution in [-0.2, 0) is 10.5 Å². The molecule has 0 saturated heterocycles. The first-order valence-corrected chi connectivity index (χ1v) is 10.0. The lowest BCUT2D eigenvalue weighted by Gasteiger charge is -2.02. The summed E-state index contributed by atoms with van der Waals surface area (Å²) in [6.07, 6.45) is 3.19. The highest BCUT2D eigenvalue weighted by Crippen LogP contribution is 2.29. The Bertz CT molecular complexity index is 923. The minimum absolute atomic E-state index is 0.244. The SMILES string of the molecule is Cc1ccccc1CSc1nnc(NC(=O)/C=C/c2ccc(Cl)cc2)s1. The summed E-state index contributed by atoms with van der Waals surface area (Å²) in [4.78, 5) is 12.0. The number of rotatable bonds is 6. The van der Waals surface area contributed by atoms with Crippen molar-refractivity contribution in [1.29, 1.82) is 0 Å². The van der Waals surface area contributed by atoms with Crippen LogP contribution in [0.2, 0.25) is 5.02 Å². The minimum atomic E-state index is -0.244. The summed E-state index contributed by atoms with van der Waals surface area (Å²) >= 11 is 8.82. The van der Waals surface area contributed by atoms with Gasteiger partial charge in [-0.15, -0.1) is 10.2 Å². The number of halogens is 1. The van der Waals surface area contributed by atoms with E-state index in [1.54, 1.807) is 30.0 Å². The number of aryl methyl sites for hydroxylation is 1. The van der Waals surface area contributed by atoms with Crippen LogP contribution in [0.25, 0.3) is 6.08 Å². The van der Waals surface area contributed by atoms with Gasteiger partial charge < -0.3 is 0 Å². The molecule has 0 aliphatic rings. The van der Waals surface area contributed by atoms with Crippen LogP contribution in [0.5, 0.6) is 0 Å². The second-order valence-corrected chi connectivity index (χ2v) is 8.10. The van der Waals surface area contributed by atoms with E-state index < -0.39 is 0 Å². The monoisotopic (exact) mass is 401 g/mol. The largest absolute Gasteiger partial charge is 0.297 e. The molecule has 0 aliphatic heterocycles. The van der Waals surface area contributed by atoms with E-state index in [4.69, 9.17) is 11.6 Å². The van der Waals surface area contributed by atoms with Crippen LogP contribution < -0.4 is 5.32 Å². The van der Waals surface area contributed by atoms with Gasteiger partial charge in [0, 0.05) is 16.9 Å². The van der Waals surface area contributed by atoms with E-state index in [1.807, 2.05) is 24.3 Å². The van der Waals surface area contributed by atoms with Crippen molar-refractivity contribution in [3.05, 3.63) is 76.3 Å². The molecule has 0 unspecified atom stereocenters. The molecule has 1 aromatic heterocycles. The van der Waals surface area contributed by atoms with Crippen molar-refractivity contribution in [3.8, 4) is 0 Å². The van der Waals surface area contributed by atoms with Gasteiger partial charge in [-0.2, -0.15) is 0 Å². The normalized spacial score (nSPS) is 11.0. The van der Waals surface area contributed by atoms with E-state index >= 15 is 0 Å². The fourth-order valence-corrected chi connectivity index (χ4v) is 4.08. The predicted octanol–water partition coefficient (Wildman–Crippen LogP) is 5.44. The topological polar surface area (TPSA) is 54.9 Å². The molecule has 0 aliphatic carbocycles. The van der Waals surface area contributed by atoms with Gasteiger partial charge in [-0.25, -0.2) is 0 Å². The predicted molar refractivity (Wildman–Crippen MR) is 110 cm³/mol. The number of thioether (sulfide) groups is 1. The number of hydrogen-bond donors (Lipinski definition) is 1. The van der Waals surface area contributed by atoms with E-state index in [0.717, 1.165) is 15.7 Å². The van der Waals surface area contributed by atoms with Crippen LogP contribution >= 0.6 is 34.7 Å². The van der Waals surface area contributed by atoms with Gasteiger partial charge in [-0.1, -0.05) is 71.1 Å². The number of amides is 1. The second-order valence-electron chi connectivity index (χ2n) is 5.46. The average molecular weight is 402 g/mol. The Hall–Kier alpha value is -2.15. The summed E-state index contributed by atoms with van der Waals surface area (Å²) in [5.41, 5.74) is 3.42. The zero-order valence-corrected chi connectivity index (χ0v) is 16.4. The van der Waals surface area contributed by atoms with E-state index in [9.17, 15) is 4.79 Å². The highest BCUT2D eigenvalue weighted by atomic mass is 35.5. The van der Waals surface area contributed by atoms with Gasteiger partial charge in [0.05, 0.1) is 0 Å². The van der Waals surface area contributed by atoms with Gasteiger partial charge in [0.1, 0.15) is 0 Å². The number of carbonyl (C=O) groups excluding carboxylic acids is 1. The molecule has 1 heterocycles. The zero-order valence-electron chi connectivity index (χ0n) is 14.0. The summed E-state index contributed by atoms with van der Waals surface area (Å²) in [7, 11) is 0. The molecule has 0 bridgehead atoms. The molecule has 3 rings (SSSR count). The molecule has 0 fully saturated rings. The molecule has 132 valence electrons. The van der Waals surface area contributed by atoms with Crippen LogP contribution in [-0.4, -0.2) is 16.1 Å². The molecule has 0 radical (unpaired) electrons. The lowest BCUT2D eigenvalue weighted by molar-refractivity contribution is -0.111. The number of carbonyl (C=O) groups is 1. The van der Waals surface area contributed by atoms with Gasteiger partial charge in [-0.3, -0.25) is 10.1 Å². The van der Waals surface area contributed by atoms with E-state index in [-0.39, 0.29) is 5.91 Å². The van der Waals surface area contributed by atoms with Crippen LogP contribution in [0, 0.1) is 6.92 Å². The maximum atomic E-state index is 12.0. The first kappa shape index (κ1) is 18.6. The summed E-state index contributed by atoms with van der Waals surface area (Å²) in [5, 5.41) is 12.0. The Morgan fingerprint density at radius 3 is 2.73 bits per heavy atom. The van der Waals surface area contributed by atoms with E-state index in [1.165, 1.54) is 28.5 Å². The number of aromatic nitrogens is 2. The first-order valence-electron chi connectivity index (χ1n) is 7.85. The standard InChI is InChI=1S/C19H16ClN3OS2/c1-13-4-2-3-5-15(13)12-25-19-23-22-18(26-19)21-17(24)11-8-14-6-9-16(20)10-7-14/h2-11H,12H2,1H3,(H,21,22,24)/b11-8+. The van der Waals surface area contributed by atoms with Gasteiger partial charge in [0.25, 0.3) is 0 Å². The van der Waals surface area contributed by atoms with Crippen molar-refractivity contribution in [1.82, 2.24) is 10.2 Å². The number of nitrogens with zero attached hydrogens (tertiary/aromatic N) is 2. The Balaban J connectivity index is 1.53. The number of nitrogens with one attached hydrogen (secondary N) is 1. The second kappa shape index (κ2) is 8.98. The molecule has 26 heavy (non-hydrogen) atoms. The lowest BCUT2D eigenvalue weighted by atomic mass is 10.1. The molecule has 7 heteroatoms. The Labute approximate surface area is 165 Å². The maximum absolute atomic E-state index is 12.0. The van der Waals surface area contributed by atoms with Gasteiger partial charge in [-0.05, 0) is 41.8 Å². The smallest absolute Gasteiger partial charge is 0.250 e. The molecule has 3 aromatic rings. The molecule has 0 atom stereocenters. The molecular weight excluding hydrogens is 386 g/mol. The fourth-order valence-electron chi connectivity index (χ4n) is 2.12. The van der Waals surface area contributed by atoms with Crippen LogP contribution in [0.4, 0.5) is 5.13 Å². The Morgan fingerprint density at radius 1 is 1.19 bits per heavy atom. The first-order chi connectivity index (χ1) is 12.6. The molecule has 0 saturated carbocycles.